The Bertz CT molecular complexity index is 564. The minimum absolute atomic E-state index is 0.00752. The summed E-state index contributed by atoms with van der Waals surface area (Å²) in [5, 5.41) is 9.93. The van der Waals surface area contributed by atoms with Crippen LogP contribution in [0.2, 0.25) is 0 Å². The molecule has 0 amide bonds. The lowest BCUT2D eigenvalue weighted by molar-refractivity contribution is -0.126. The van der Waals surface area contributed by atoms with Gasteiger partial charge in [0.05, 0.1) is 0 Å². The van der Waals surface area contributed by atoms with Crippen LogP contribution in [-0.4, -0.2) is 10.9 Å². The minimum atomic E-state index is -1.18. The predicted octanol–water partition coefficient (Wildman–Crippen LogP) is 3.43. The molecule has 1 N–H and O–H groups in total. The fourth-order valence-corrected chi connectivity index (χ4v) is 2.34. The van der Waals surface area contributed by atoms with Crippen molar-refractivity contribution in [1.82, 2.24) is 0 Å². The molecule has 0 radical (unpaired) electrons. The van der Waals surface area contributed by atoms with Crippen LogP contribution in [0.4, 0.5) is 4.39 Å². The molecule has 4 heteroatoms. The summed E-state index contributed by atoms with van der Waals surface area (Å²) >= 11 is 3.17. The summed E-state index contributed by atoms with van der Waals surface area (Å²) in [7, 11) is 0. The van der Waals surface area contributed by atoms with E-state index < -0.39 is 11.9 Å². The van der Waals surface area contributed by atoms with Crippen LogP contribution in [0.3, 0.4) is 0 Å². The largest absolute Gasteiger partial charge is 0.381 e. The molecule has 2 rings (SSSR count). The Morgan fingerprint density at radius 2 is 1.89 bits per heavy atom. The van der Waals surface area contributed by atoms with Crippen LogP contribution in [0.1, 0.15) is 17.2 Å². The Labute approximate surface area is 119 Å². The van der Waals surface area contributed by atoms with Crippen LogP contribution in [0.25, 0.3) is 0 Å². The van der Waals surface area contributed by atoms with E-state index in [-0.39, 0.29) is 12.2 Å². The predicted molar refractivity (Wildman–Crippen MR) is 74.2 cm³/mol. The van der Waals surface area contributed by atoms with E-state index in [4.69, 9.17) is 0 Å². The van der Waals surface area contributed by atoms with Crippen LogP contribution < -0.4 is 0 Å². The molecule has 0 aromatic heterocycles. The summed E-state index contributed by atoms with van der Waals surface area (Å²) in [5.74, 6) is -0.768. The number of benzene rings is 2. The van der Waals surface area contributed by atoms with Gasteiger partial charge in [-0.15, -0.1) is 0 Å². The Kier molecular flexibility index (Phi) is 4.45. The van der Waals surface area contributed by atoms with Gasteiger partial charge < -0.3 is 5.11 Å². The normalized spacial score (nSPS) is 12.2. The van der Waals surface area contributed by atoms with Crippen LogP contribution in [0.15, 0.2) is 53.0 Å². The van der Waals surface area contributed by atoms with Crippen molar-refractivity contribution in [2.75, 3.05) is 0 Å². The van der Waals surface area contributed by atoms with Gasteiger partial charge in [0.1, 0.15) is 11.9 Å². The summed E-state index contributed by atoms with van der Waals surface area (Å²) in [6, 6.07) is 13.0. The summed E-state index contributed by atoms with van der Waals surface area (Å²) in [4.78, 5) is 11.9. The first-order valence-electron chi connectivity index (χ1n) is 5.77. The molecule has 0 saturated heterocycles. The number of Topliss-reactive ketones (excluding diaryl/α,β-unsaturated/α-hetero) is 1. The lowest BCUT2D eigenvalue weighted by atomic mass is 10.00. The van der Waals surface area contributed by atoms with Crippen molar-refractivity contribution in [2.45, 2.75) is 12.5 Å². The van der Waals surface area contributed by atoms with Crippen LogP contribution >= 0.6 is 15.9 Å². The van der Waals surface area contributed by atoms with Crippen molar-refractivity contribution in [2.24, 2.45) is 0 Å². The highest BCUT2D eigenvalue weighted by Crippen LogP contribution is 2.19. The second-order valence-electron chi connectivity index (χ2n) is 4.23. The summed E-state index contributed by atoms with van der Waals surface area (Å²) < 4.78 is 13.8. The molecule has 0 saturated carbocycles. The average molecular weight is 323 g/mol. The maximum absolute atomic E-state index is 13.2. The molecule has 19 heavy (non-hydrogen) atoms. The van der Waals surface area contributed by atoms with E-state index >= 15 is 0 Å². The number of carbonyl (C=O) groups is 1. The molecule has 0 aliphatic rings. The Morgan fingerprint density at radius 3 is 2.53 bits per heavy atom. The first kappa shape index (κ1) is 13.9. The number of carbonyl (C=O) groups excluding carboxylic acids is 1. The van der Waals surface area contributed by atoms with Crippen LogP contribution in [-0.2, 0) is 11.2 Å². The summed E-state index contributed by atoms with van der Waals surface area (Å²) in [6.07, 6.45) is -1.19. The molecule has 0 fully saturated rings. The van der Waals surface area contributed by atoms with Crippen molar-refractivity contribution < 1.29 is 14.3 Å². The van der Waals surface area contributed by atoms with Crippen molar-refractivity contribution in [3.05, 3.63) is 69.9 Å². The molecule has 2 aromatic rings. The van der Waals surface area contributed by atoms with E-state index in [9.17, 15) is 14.3 Å². The molecule has 98 valence electrons. The second kappa shape index (κ2) is 6.08. The molecule has 1 atom stereocenters. The van der Waals surface area contributed by atoms with E-state index in [2.05, 4.69) is 15.9 Å². The minimum Gasteiger partial charge on any atom is -0.381 e. The standard InChI is InChI=1S/C15H12BrFO2/c16-12-6-10(7-13(17)9-12)8-14(18)15(19)11-4-2-1-3-5-11/h1-7,9,15,19H,8H2. The maximum Gasteiger partial charge on any atom is 0.170 e. The zero-order valence-corrected chi connectivity index (χ0v) is 11.6. The fraction of sp³-hybridized carbons (Fsp3) is 0.133. The number of rotatable bonds is 4. The number of aliphatic hydroxyl groups is 1. The van der Waals surface area contributed by atoms with E-state index in [1.54, 1.807) is 30.3 Å². The molecule has 0 spiro atoms. The van der Waals surface area contributed by atoms with Crippen molar-refractivity contribution >= 4 is 21.7 Å². The third-order valence-corrected chi connectivity index (χ3v) is 3.18. The topological polar surface area (TPSA) is 37.3 Å². The third kappa shape index (κ3) is 3.72. The molecule has 0 aliphatic heterocycles. The highest BCUT2D eigenvalue weighted by Gasteiger charge is 2.17. The third-order valence-electron chi connectivity index (χ3n) is 2.72. The zero-order valence-electron chi connectivity index (χ0n) is 10.0. The number of aliphatic hydroxyl groups excluding tert-OH is 1. The van der Waals surface area contributed by atoms with Crippen molar-refractivity contribution in [3.8, 4) is 0 Å². The fourth-order valence-electron chi connectivity index (χ4n) is 1.83. The van der Waals surface area contributed by atoms with E-state index in [0.29, 0.717) is 15.6 Å². The van der Waals surface area contributed by atoms with Gasteiger partial charge >= 0.3 is 0 Å². The van der Waals surface area contributed by atoms with Gasteiger partial charge in [0.2, 0.25) is 0 Å². The highest BCUT2D eigenvalue weighted by atomic mass is 79.9. The lowest BCUT2D eigenvalue weighted by Gasteiger charge is -2.10. The van der Waals surface area contributed by atoms with Gasteiger partial charge in [-0.3, -0.25) is 4.79 Å². The highest BCUT2D eigenvalue weighted by molar-refractivity contribution is 9.10. The van der Waals surface area contributed by atoms with Gasteiger partial charge in [0, 0.05) is 10.9 Å². The Hall–Kier alpha value is -1.52. The Balaban J connectivity index is 2.13. The van der Waals surface area contributed by atoms with Gasteiger partial charge in [-0.2, -0.15) is 0 Å². The van der Waals surface area contributed by atoms with E-state index in [1.807, 2.05) is 6.07 Å². The zero-order chi connectivity index (χ0) is 13.8. The smallest absolute Gasteiger partial charge is 0.170 e. The number of halogens is 2. The monoisotopic (exact) mass is 322 g/mol. The second-order valence-corrected chi connectivity index (χ2v) is 5.15. The van der Waals surface area contributed by atoms with Crippen molar-refractivity contribution in [1.29, 1.82) is 0 Å². The van der Waals surface area contributed by atoms with Crippen LogP contribution in [0.5, 0.6) is 0 Å². The SMILES string of the molecule is O=C(Cc1cc(F)cc(Br)c1)C(O)c1ccccc1. The van der Waals surface area contributed by atoms with Gasteiger partial charge in [0.15, 0.2) is 5.78 Å². The maximum atomic E-state index is 13.2. The lowest BCUT2D eigenvalue weighted by Crippen LogP contribution is -2.14. The molecular formula is C15H12BrFO2. The first-order valence-corrected chi connectivity index (χ1v) is 6.56. The average Bonchev–Trinajstić information content (AvgIpc) is 2.37. The Morgan fingerprint density at radius 1 is 1.21 bits per heavy atom. The van der Waals surface area contributed by atoms with Crippen LogP contribution in [0, 0.1) is 5.82 Å². The quantitative estimate of drug-likeness (QED) is 0.936. The molecular weight excluding hydrogens is 311 g/mol. The number of ketones is 1. The summed E-state index contributed by atoms with van der Waals surface area (Å²) in [6.45, 7) is 0. The molecule has 0 aliphatic carbocycles. The molecule has 0 heterocycles. The van der Waals surface area contributed by atoms with Crippen molar-refractivity contribution in [3.63, 3.8) is 0 Å². The molecule has 0 bridgehead atoms. The number of hydrogen-bond donors (Lipinski definition) is 1. The van der Waals surface area contributed by atoms with Gasteiger partial charge in [0.25, 0.3) is 0 Å². The van der Waals surface area contributed by atoms with Gasteiger partial charge in [-0.1, -0.05) is 46.3 Å². The molecule has 2 nitrogen and oxygen atoms in total. The van der Waals surface area contributed by atoms with E-state index in [0.717, 1.165) is 0 Å². The number of hydrogen-bond acceptors (Lipinski definition) is 2. The first-order chi connectivity index (χ1) is 9.06. The molecule has 1 unspecified atom stereocenters. The van der Waals surface area contributed by atoms with Gasteiger partial charge in [-0.25, -0.2) is 4.39 Å². The summed E-state index contributed by atoms with van der Waals surface area (Å²) in [5.41, 5.74) is 1.08. The molecule has 2 aromatic carbocycles. The van der Waals surface area contributed by atoms with Gasteiger partial charge in [-0.05, 0) is 29.3 Å². The van der Waals surface area contributed by atoms with E-state index in [1.165, 1.54) is 12.1 Å².